The summed E-state index contributed by atoms with van der Waals surface area (Å²) in [6, 6.07) is 12.4. The molecule has 1 fully saturated rings. The number of hydrogen-bond acceptors (Lipinski definition) is 0. The average Bonchev–Trinajstić information content (AvgIpc) is 2.63. The number of halogens is 2. The number of hydrogen-bond donors (Lipinski definition) is 0. The van der Waals surface area contributed by atoms with Crippen LogP contribution in [0.4, 0.5) is 8.78 Å². The van der Waals surface area contributed by atoms with Crippen LogP contribution in [-0.4, -0.2) is 0 Å². The largest absolute Gasteiger partial charge is 0.204 e. The lowest BCUT2D eigenvalue weighted by Gasteiger charge is -2.28. The molecule has 0 bridgehead atoms. The molecule has 3 rings (SSSR count). The summed E-state index contributed by atoms with van der Waals surface area (Å²) in [5.41, 5.74) is 3.01. The molecular formula is C22H24F2. The van der Waals surface area contributed by atoms with Crippen LogP contribution in [0, 0.1) is 17.6 Å². The molecule has 0 N–H and O–H groups in total. The number of benzene rings is 2. The van der Waals surface area contributed by atoms with Gasteiger partial charge < -0.3 is 0 Å². The third-order valence-electron chi connectivity index (χ3n) is 5.19. The van der Waals surface area contributed by atoms with Crippen LogP contribution in [0.15, 0.2) is 54.6 Å². The second-order valence-corrected chi connectivity index (χ2v) is 6.77. The van der Waals surface area contributed by atoms with Crippen LogP contribution in [0.5, 0.6) is 0 Å². The SMILES string of the molecule is C/C=C/CC1CCC(c2ccc(-c3ccc(F)c(F)c3)cc2)CC1. The Hall–Kier alpha value is -1.96. The van der Waals surface area contributed by atoms with E-state index in [1.807, 2.05) is 12.1 Å². The lowest BCUT2D eigenvalue weighted by Crippen LogP contribution is -2.12. The van der Waals surface area contributed by atoms with Gasteiger partial charge in [0, 0.05) is 0 Å². The summed E-state index contributed by atoms with van der Waals surface area (Å²) in [6.07, 6.45) is 10.7. The summed E-state index contributed by atoms with van der Waals surface area (Å²) in [7, 11) is 0. The molecule has 0 radical (unpaired) electrons. The molecule has 0 amide bonds. The van der Waals surface area contributed by atoms with E-state index in [-0.39, 0.29) is 0 Å². The Morgan fingerprint density at radius 1 is 0.875 bits per heavy atom. The zero-order valence-electron chi connectivity index (χ0n) is 14.1. The molecule has 1 aliphatic rings. The molecule has 0 nitrogen and oxygen atoms in total. The minimum absolute atomic E-state index is 0.630. The quantitative estimate of drug-likeness (QED) is 0.538. The fourth-order valence-electron chi connectivity index (χ4n) is 3.68. The Bertz CT molecular complexity index is 692. The van der Waals surface area contributed by atoms with E-state index < -0.39 is 11.6 Å². The van der Waals surface area contributed by atoms with Crippen molar-refractivity contribution in [1.29, 1.82) is 0 Å². The van der Waals surface area contributed by atoms with Crippen LogP contribution >= 0.6 is 0 Å². The van der Waals surface area contributed by atoms with Crippen LogP contribution in [0.3, 0.4) is 0 Å². The van der Waals surface area contributed by atoms with Crippen molar-refractivity contribution < 1.29 is 8.78 Å². The first kappa shape index (κ1) is 16.9. The highest BCUT2D eigenvalue weighted by Gasteiger charge is 2.21. The van der Waals surface area contributed by atoms with Gasteiger partial charge in [-0.1, -0.05) is 42.5 Å². The Morgan fingerprint density at radius 3 is 2.17 bits per heavy atom. The van der Waals surface area contributed by atoms with E-state index in [1.165, 1.54) is 49.8 Å². The smallest absolute Gasteiger partial charge is 0.159 e. The normalized spacial score (nSPS) is 21.3. The minimum atomic E-state index is -0.801. The van der Waals surface area contributed by atoms with Crippen molar-refractivity contribution in [3.05, 3.63) is 71.8 Å². The monoisotopic (exact) mass is 326 g/mol. The molecule has 1 aliphatic carbocycles. The van der Waals surface area contributed by atoms with E-state index in [9.17, 15) is 8.78 Å². The highest BCUT2D eigenvalue weighted by Crippen LogP contribution is 2.37. The van der Waals surface area contributed by atoms with Gasteiger partial charge in [-0.3, -0.25) is 0 Å². The second kappa shape index (κ2) is 7.74. The molecule has 0 aliphatic heterocycles. The predicted molar refractivity (Wildman–Crippen MR) is 95.9 cm³/mol. The zero-order chi connectivity index (χ0) is 16.9. The van der Waals surface area contributed by atoms with Crippen LogP contribution in [0.25, 0.3) is 11.1 Å². The van der Waals surface area contributed by atoms with Gasteiger partial charge in [-0.05, 0) is 79.7 Å². The summed E-state index contributed by atoms with van der Waals surface area (Å²) in [5.74, 6) is -0.133. The van der Waals surface area contributed by atoms with Crippen molar-refractivity contribution in [2.24, 2.45) is 5.92 Å². The molecule has 0 heterocycles. The van der Waals surface area contributed by atoms with Gasteiger partial charge in [-0.2, -0.15) is 0 Å². The van der Waals surface area contributed by atoms with Crippen molar-refractivity contribution in [3.63, 3.8) is 0 Å². The van der Waals surface area contributed by atoms with E-state index in [0.29, 0.717) is 5.92 Å². The Balaban J connectivity index is 1.66. The van der Waals surface area contributed by atoms with E-state index in [0.717, 1.165) is 17.0 Å². The third kappa shape index (κ3) is 3.92. The van der Waals surface area contributed by atoms with Gasteiger partial charge in [0.15, 0.2) is 11.6 Å². The van der Waals surface area contributed by atoms with Crippen molar-refractivity contribution >= 4 is 0 Å². The van der Waals surface area contributed by atoms with Crippen molar-refractivity contribution in [1.82, 2.24) is 0 Å². The van der Waals surface area contributed by atoms with Crippen molar-refractivity contribution in [2.45, 2.75) is 44.9 Å². The average molecular weight is 326 g/mol. The molecule has 0 saturated heterocycles. The standard InChI is InChI=1S/C22H24F2/c1-2-3-4-16-5-7-17(8-6-16)18-9-11-19(12-10-18)20-13-14-21(23)22(24)15-20/h2-3,9-17H,4-8H2,1H3/b3-2+. The lowest BCUT2D eigenvalue weighted by molar-refractivity contribution is 0.328. The van der Waals surface area contributed by atoms with Gasteiger partial charge in [0.05, 0.1) is 0 Å². The van der Waals surface area contributed by atoms with Gasteiger partial charge >= 0.3 is 0 Å². The number of rotatable bonds is 4. The molecule has 0 unspecified atom stereocenters. The van der Waals surface area contributed by atoms with Gasteiger partial charge in [0.2, 0.25) is 0 Å². The summed E-state index contributed by atoms with van der Waals surface area (Å²) in [5, 5.41) is 0. The fourth-order valence-corrected chi connectivity index (χ4v) is 3.68. The van der Waals surface area contributed by atoms with E-state index in [4.69, 9.17) is 0 Å². The highest BCUT2D eigenvalue weighted by molar-refractivity contribution is 5.63. The van der Waals surface area contributed by atoms with E-state index in [1.54, 1.807) is 6.07 Å². The van der Waals surface area contributed by atoms with Crippen LogP contribution in [0.1, 0.15) is 50.5 Å². The highest BCUT2D eigenvalue weighted by atomic mass is 19.2. The fraction of sp³-hybridized carbons (Fsp3) is 0.364. The first-order valence-electron chi connectivity index (χ1n) is 8.84. The van der Waals surface area contributed by atoms with Crippen LogP contribution in [0.2, 0.25) is 0 Å². The van der Waals surface area contributed by atoms with E-state index in [2.05, 4.69) is 31.2 Å². The maximum Gasteiger partial charge on any atom is 0.159 e. The summed E-state index contributed by atoms with van der Waals surface area (Å²) < 4.78 is 26.4. The summed E-state index contributed by atoms with van der Waals surface area (Å²) in [4.78, 5) is 0. The van der Waals surface area contributed by atoms with Gasteiger partial charge in [0.1, 0.15) is 0 Å². The Morgan fingerprint density at radius 2 is 1.54 bits per heavy atom. The molecule has 0 spiro atoms. The summed E-state index contributed by atoms with van der Waals surface area (Å²) in [6.45, 7) is 2.08. The molecule has 24 heavy (non-hydrogen) atoms. The molecule has 2 aromatic rings. The van der Waals surface area contributed by atoms with Crippen molar-refractivity contribution in [3.8, 4) is 11.1 Å². The topological polar surface area (TPSA) is 0 Å². The first-order chi connectivity index (χ1) is 11.7. The zero-order valence-corrected chi connectivity index (χ0v) is 14.1. The maximum absolute atomic E-state index is 13.4. The second-order valence-electron chi connectivity index (χ2n) is 6.77. The lowest BCUT2D eigenvalue weighted by atomic mass is 9.77. The molecule has 0 aromatic heterocycles. The Kier molecular flexibility index (Phi) is 5.44. The minimum Gasteiger partial charge on any atom is -0.204 e. The van der Waals surface area contributed by atoms with Gasteiger partial charge in [-0.15, -0.1) is 0 Å². The molecule has 1 saturated carbocycles. The predicted octanol–water partition coefficient (Wildman–Crippen LogP) is 6.87. The molecule has 2 heteroatoms. The van der Waals surface area contributed by atoms with Crippen molar-refractivity contribution in [2.75, 3.05) is 0 Å². The molecular weight excluding hydrogens is 302 g/mol. The molecule has 2 aromatic carbocycles. The molecule has 126 valence electrons. The Labute approximate surface area is 143 Å². The maximum atomic E-state index is 13.4. The molecule has 0 atom stereocenters. The first-order valence-corrected chi connectivity index (χ1v) is 8.84. The van der Waals surface area contributed by atoms with Crippen LogP contribution in [-0.2, 0) is 0 Å². The van der Waals surface area contributed by atoms with Gasteiger partial charge in [0.25, 0.3) is 0 Å². The number of allylic oxidation sites excluding steroid dienone is 2. The van der Waals surface area contributed by atoms with E-state index >= 15 is 0 Å². The summed E-state index contributed by atoms with van der Waals surface area (Å²) >= 11 is 0. The van der Waals surface area contributed by atoms with Gasteiger partial charge in [-0.25, -0.2) is 8.78 Å². The third-order valence-corrected chi connectivity index (χ3v) is 5.19. The van der Waals surface area contributed by atoms with Crippen LogP contribution < -0.4 is 0 Å².